The molecule has 2 aliphatic carbocycles. The molecule has 0 N–H and O–H groups in total. The van der Waals surface area contributed by atoms with E-state index >= 15 is 0 Å². The minimum atomic E-state index is -2.26. The Kier molecular flexibility index (Phi) is 9.17. The van der Waals surface area contributed by atoms with Gasteiger partial charge >= 0.3 is 248 Å². The van der Waals surface area contributed by atoms with Crippen molar-refractivity contribution in [3.8, 4) is 6.07 Å². The predicted octanol–water partition coefficient (Wildman–Crippen LogP) is 7.67. The molecule has 0 amide bonds. The van der Waals surface area contributed by atoms with Crippen LogP contribution in [0.4, 0.5) is 0 Å². The summed E-state index contributed by atoms with van der Waals surface area (Å²) in [7, 11) is -4.43. The molecule has 4 nitrogen and oxygen atoms in total. The summed E-state index contributed by atoms with van der Waals surface area (Å²) in [6.45, 7) is 29.1. The Bertz CT molecular complexity index is 1100. The number of benzene rings is 1. The molecule has 0 aliphatic heterocycles. The molecule has 1 aromatic carbocycles. The van der Waals surface area contributed by atoms with Crippen LogP contribution in [-0.2, 0) is 13.6 Å². The molecule has 0 unspecified atom stereocenters. The van der Waals surface area contributed by atoms with Gasteiger partial charge in [0.1, 0.15) is 0 Å². The molecule has 0 spiro atoms. The number of nitrogens with zero attached hydrogens (tertiary/aromatic N) is 1. The van der Waals surface area contributed by atoms with Crippen LogP contribution >= 0.6 is 0 Å². The number of carbonyl (C=O) groups excluding carboxylic acids is 1. The molecule has 39 heavy (non-hydrogen) atoms. The summed E-state index contributed by atoms with van der Waals surface area (Å²) >= 11 is -0.0704. The molecule has 0 saturated heterocycles. The van der Waals surface area contributed by atoms with E-state index in [0.717, 1.165) is 0 Å². The van der Waals surface area contributed by atoms with E-state index in [4.69, 9.17) is 8.85 Å². The molecule has 0 heterocycles. The fourth-order valence-electron chi connectivity index (χ4n) is 5.67. The molecule has 2 bridgehead atoms. The van der Waals surface area contributed by atoms with Gasteiger partial charge in [-0.05, 0) is 0 Å². The zero-order valence-corrected chi connectivity index (χ0v) is 29.9. The number of rotatable bonds is 7. The Labute approximate surface area is 246 Å². The van der Waals surface area contributed by atoms with E-state index in [1.807, 2.05) is 24.3 Å². The SMILES string of the molecule is C=C[C@]1(C)[C@@H](O[Si](C)(C)C(C)(C)C)C[C@H]2CC(=O)[C@H]([Se]c3ccccc3)C[C@]1(C#N)[C@@H]2O[Si](C)(C)C(C)(C)C. The molecular weight excluding hydrogens is 581 g/mol. The summed E-state index contributed by atoms with van der Waals surface area (Å²) in [4.78, 5) is 13.8. The second-order valence-corrected chi connectivity index (χ2v) is 27.2. The molecule has 1 aromatic rings. The van der Waals surface area contributed by atoms with Crippen molar-refractivity contribution < 1.29 is 13.6 Å². The molecular formula is C32H51NO3SeSi2. The Morgan fingerprint density at radius 3 is 2.05 bits per heavy atom. The molecule has 6 atom stereocenters. The van der Waals surface area contributed by atoms with E-state index in [0.29, 0.717) is 19.3 Å². The van der Waals surface area contributed by atoms with Crippen molar-refractivity contribution in [2.75, 3.05) is 0 Å². The Hall–Kier alpha value is -1.01. The first-order valence-electron chi connectivity index (χ1n) is 14.4. The predicted molar refractivity (Wildman–Crippen MR) is 168 cm³/mol. The quantitative estimate of drug-likeness (QED) is 0.229. The first-order chi connectivity index (χ1) is 17.7. The Morgan fingerprint density at radius 2 is 1.56 bits per heavy atom. The van der Waals surface area contributed by atoms with Crippen LogP contribution in [-0.4, -0.2) is 49.6 Å². The third-order valence-corrected chi connectivity index (χ3v) is 22.1. The second-order valence-electron chi connectivity index (χ2n) is 15.0. The number of Topliss-reactive ketones (excluding diaryl/α,β-unsaturated/α-hetero) is 1. The summed E-state index contributed by atoms with van der Waals surface area (Å²) in [5.41, 5.74) is -1.57. The third-order valence-electron chi connectivity index (χ3n) is 10.5. The van der Waals surface area contributed by atoms with Gasteiger partial charge in [0.15, 0.2) is 0 Å². The first-order valence-corrected chi connectivity index (χ1v) is 22.1. The van der Waals surface area contributed by atoms with Gasteiger partial charge in [-0.15, -0.1) is 0 Å². The zero-order valence-electron chi connectivity index (χ0n) is 26.2. The number of nitriles is 1. The molecule has 7 heteroatoms. The van der Waals surface area contributed by atoms with Gasteiger partial charge in [0.05, 0.1) is 0 Å². The molecule has 216 valence electrons. The van der Waals surface area contributed by atoms with Crippen molar-refractivity contribution >= 4 is 41.8 Å². The number of fused-ring (bicyclic) bond motifs is 2. The average molecular weight is 633 g/mol. The van der Waals surface area contributed by atoms with Crippen molar-refractivity contribution in [1.82, 2.24) is 0 Å². The van der Waals surface area contributed by atoms with Crippen molar-refractivity contribution in [3.05, 3.63) is 43.0 Å². The summed E-state index contributed by atoms with van der Waals surface area (Å²) < 4.78 is 15.6. The molecule has 0 aromatic heterocycles. The van der Waals surface area contributed by atoms with Crippen molar-refractivity contribution in [3.63, 3.8) is 0 Å². The standard InChI is InChI=1S/C32H51NO3SeSi2/c1-13-31(8)27(35-38(9,10)29(2,3)4)20-23-19-25(34)26(37-24-17-15-14-16-18-24)21-32(31,22-33)28(23)36-39(11,12)30(5,6)7/h13-18,23,26-28H,1,19-21H2,2-12H3/t23-,26-,27+,28-,31-,32+/m1/s1. The van der Waals surface area contributed by atoms with Crippen LogP contribution in [0.15, 0.2) is 43.0 Å². The Balaban J connectivity index is 2.20. The number of hydrogen-bond donors (Lipinski definition) is 0. The molecule has 2 saturated carbocycles. The van der Waals surface area contributed by atoms with E-state index in [1.54, 1.807) is 0 Å². The van der Waals surface area contributed by atoms with Gasteiger partial charge in [-0.1, -0.05) is 0 Å². The van der Waals surface area contributed by atoms with Crippen LogP contribution in [0.5, 0.6) is 0 Å². The van der Waals surface area contributed by atoms with E-state index in [1.165, 1.54) is 4.46 Å². The molecule has 0 radical (unpaired) electrons. The van der Waals surface area contributed by atoms with Gasteiger partial charge in [0.2, 0.25) is 0 Å². The van der Waals surface area contributed by atoms with E-state index < -0.39 is 27.5 Å². The van der Waals surface area contributed by atoms with Crippen molar-refractivity contribution in [1.29, 1.82) is 5.26 Å². The summed E-state index contributed by atoms with van der Waals surface area (Å²) in [6.07, 6.45) is 3.13. The van der Waals surface area contributed by atoms with E-state index in [-0.39, 0.29) is 53.8 Å². The van der Waals surface area contributed by atoms with Crippen LogP contribution in [0.3, 0.4) is 0 Å². The fourth-order valence-corrected chi connectivity index (χ4v) is 11.0. The minimum absolute atomic E-state index is 0.0107. The number of ketones is 1. The molecule has 2 aliphatic rings. The van der Waals surface area contributed by atoms with Gasteiger partial charge in [-0.25, -0.2) is 0 Å². The summed E-state index contributed by atoms with van der Waals surface area (Å²) in [5.74, 6) is 0.231. The number of hydrogen-bond acceptors (Lipinski definition) is 4. The van der Waals surface area contributed by atoms with Crippen LogP contribution in [0.25, 0.3) is 0 Å². The van der Waals surface area contributed by atoms with Crippen LogP contribution in [0.2, 0.25) is 41.1 Å². The molecule has 2 fully saturated rings. The van der Waals surface area contributed by atoms with Gasteiger partial charge in [-0.2, -0.15) is 0 Å². The van der Waals surface area contributed by atoms with Crippen molar-refractivity contribution in [2.45, 2.75) is 121 Å². The average Bonchev–Trinajstić information content (AvgIpc) is 2.90. The monoisotopic (exact) mass is 633 g/mol. The number of carbonyl (C=O) groups is 1. The Morgan fingerprint density at radius 1 is 1.03 bits per heavy atom. The van der Waals surface area contributed by atoms with Gasteiger partial charge < -0.3 is 0 Å². The van der Waals surface area contributed by atoms with Gasteiger partial charge in [0.25, 0.3) is 0 Å². The van der Waals surface area contributed by atoms with Crippen LogP contribution < -0.4 is 4.46 Å². The van der Waals surface area contributed by atoms with Gasteiger partial charge in [0, 0.05) is 0 Å². The van der Waals surface area contributed by atoms with Crippen LogP contribution in [0.1, 0.15) is 67.7 Å². The first kappa shape index (κ1) is 32.5. The van der Waals surface area contributed by atoms with E-state index in [2.05, 4.69) is 99.4 Å². The normalized spacial score (nSPS) is 32.3. The molecule has 3 rings (SSSR count). The summed E-state index contributed by atoms with van der Waals surface area (Å²) in [5, 5.41) is 11.3. The topological polar surface area (TPSA) is 59.3 Å². The summed E-state index contributed by atoms with van der Waals surface area (Å²) in [6, 6.07) is 13.2. The third kappa shape index (κ3) is 5.99. The van der Waals surface area contributed by atoms with Crippen LogP contribution in [0, 0.1) is 28.1 Å². The van der Waals surface area contributed by atoms with Gasteiger partial charge in [-0.3, -0.25) is 0 Å². The maximum atomic E-state index is 14.0. The fraction of sp³-hybridized carbons (Fsp3) is 0.688. The maximum absolute atomic E-state index is 14.0. The zero-order chi connectivity index (χ0) is 29.7. The van der Waals surface area contributed by atoms with E-state index in [9.17, 15) is 10.1 Å². The van der Waals surface area contributed by atoms with Crippen molar-refractivity contribution in [2.24, 2.45) is 16.7 Å². The second kappa shape index (κ2) is 11.0.